The Morgan fingerprint density at radius 2 is 1.75 bits per heavy atom. The minimum atomic E-state index is -0.600. The van der Waals surface area contributed by atoms with Crippen molar-refractivity contribution < 1.29 is 14.3 Å². The summed E-state index contributed by atoms with van der Waals surface area (Å²) in [6, 6.07) is 20.5. The second-order valence-electron chi connectivity index (χ2n) is 6.89. The van der Waals surface area contributed by atoms with Crippen LogP contribution in [0.25, 0.3) is 0 Å². The highest BCUT2D eigenvalue weighted by molar-refractivity contribution is 6.05. The topological polar surface area (TPSA) is 86.4 Å². The molecule has 3 N–H and O–H groups in total. The van der Waals surface area contributed by atoms with Crippen LogP contribution < -0.4 is 11.1 Å². The summed E-state index contributed by atoms with van der Waals surface area (Å²) in [5, 5.41) is 2.81. The van der Waals surface area contributed by atoms with Gasteiger partial charge in [0.15, 0.2) is 0 Å². The Labute approximate surface area is 162 Å². The zero-order valence-corrected chi connectivity index (χ0v) is 15.2. The largest absolute Gasteiger partial charge is 0.444 e. The number of aromatic nitrogens is 1. The van der Waals surface area contributed by atoms with E-state index in [1.165, 1.54) is 16.3 Å². The monoisotopic (exact) mass is 375 g/mol. The van der Waals surface area contributed by atoms with Crippen molar-refractivity contribution in [1.82, 2.24) is 4.57 Å². The van der Waals surface area contributed by atoms with Gasteiger partial charge in [-0.05, 0) is 41.8 Å². The van der Waals surface area contributed by atoms with Crippen molar-refractivity contribution in [3.63, 3.8) is 0 Å². The molecule has 1 aliphatic carbocycles. The standard InChI is InChI=1S/C22H21N3O3/c23-19-13-18(19)16-8-10-17(11-9-16)24-21(26)20-7-4-12-25(20)22(27)28-14-15-5-2-1-3-6-15/h1-12,18-19H,13-14,23H2,(H,24,26). The van der Waals surface area contributed by atoms with Crippen LogP contribution in [0.4, 0.5) is 10.5 Å². The first-order valence-electron chi connectivity index (χ1n) is 9.17. The van der Waals surface area contributed by atoms with Crippen LogP contribution in [-0.2, 0) is 11.3 Å². The molecule has 142 valence electrons. The Balaban J connectivity index is 1.40. The second-order valence-corrected chi connectivity index (χ2v) is 6.89. The summed E-state index contributed by atoms with van der Waals surface area (Å²) in [7, 11) is 0. The summed E-state index contributed by atoms with van der Waals surface area (Å²) >= 11 is 0. The molecule has 3 aromatic rings. The maximum atomic E-state index is 12.6. The molecule has 1 fully saturated rings. The van der Waals surface area contributed by atoms with E-state index in [1.807, 2.05) is 54.6 Å². The molecule has 1 saturated carbocycles. The zero-order chi connectivity index (χ0) is 19.5. The van der Waals surface area contributed by atoms with Crippen molar-refractivity contribution >= 4 is 17.7 Å². The van der Waals surface area contributed by atoms with Gasteiger partial charge in [-0.1, -0.05) is 42.5 Å². The van der Waals surface area contributed by atoms with Gasteiger partial charge in [0.1, 0.15) is 12.3 Å². The number of hydrogen-bond acceptors (Lipinski definition) is 4. The van der Waals surface area contributed by atoms with Crippen molar-refractivity contribution in [2.24, 2.45) is 5.73 Å². The van der Waals surface area contributed by atoms with E-state index in [4.69, 9.17) is 10.5 Å². The quantitative estimate of drug-likeness (QED) is 0.711. The van der Waals surface area contributed by atoms with Crippen LogP contribution in [0.15, 0.2) is 72.9 Å². The third-order valence-electron chi connectivity index (χ3n) is 4.82. The summed E-state index contributed by atoms with van der Waals surface area (Å²) in [6.07, 6.45) is 1.92. The predicted molar refractivity (Wildman–Crippen MR) is 106 cm³/mol. The molecule has 0 saturated heterocycles. The number of rotatable bonds is 5. The number of nitrogens with two attached hydrogens (primary N) is 1. The molecule has 1 amide bonds. The van der Waals surface area contributed by atoms with Gasteiger partial charge < -0.3 is 15.8 Å². The highest BCUT2D eigenvalue weighted by Crippen LogP contribution is 2.39. The van der Waals surface area contributed by atoms with Crippen molar-refractivity contribution in [2.45, 2.75) is 25.0 Å². The van der Waals surface area contributed by atoms with E-state index in [0.29, 0.717) is 11.6 Å². The average molecular weight is 375 g/mol. The van der Waals surface area contributed by atoms with Crippen LogP contribution >= 0.6 is 0 Å². The van der Waals surface area contributed by atoms with E-state index >= 15 is 0 Å². The van der Waals surface area contributed by atoms with Crippen LogP contribution in [0.3, 0.4) is 0 Å². The minimum Gasteiger partial charge on any atom is -0.444 e. The second kappa shape index (κ2) is 7.70. The van der Waals surface area contributed by atoms with Crippen LogP contribution in [0.1, 0.15) is 34.0 Å². The number of nitrogens with one attached hydrogen (secondary N) is 1. The molecule has 2 aromatic carbocycles. The van der Waals surface area contributed by atoms with Crippen molar-refractivity contribution in [3.8, 4) is 0 Å². The summed E-state index contributed by atoms with van der Waals surface area (Å²) < 4.78 is 6.51. The molecular formula is C22H21N3O3. The van der Waals surface area contributed by atoms with Crippen LogP contribution in [0.2, 0.25) is 0 Å². The van der Waals surface area contributed by atoms with Gasteiger partial charge in [0.05, 0.1) is 0 Å². The molecule has 1 aliphatic rings. The lowest BCUT2D eigenvalue weighted by Gasteiger charge is -2.10. The first-order valence-corrected chi connectivity index (χ1v) is 9.17. The fourth-order valence-electron chi connectivity index (χ4n) is 3.12. The number of benzene rings is 2. The average Bonchev–Trinajstić information content (AvgIpc) is 3.24. The highest BCUT2D eigenvalue weighted by Gasteiger charge is 2.34. The molecule has 0 spiro atoms. The fourth-order valence-corrected chi connectivity index (χ4v) is 3.12. The van der Waals surface area contributed by atoms with Gasteiger partial charge in [-0.3, -0.25) is 4.79 Å². The fraction of sp³-hybridized carbons (Fsp3) is 0.182. The molecule has 0 aliphatic heterocycles. The molecule has 6 heteroatoms. The molecular weight excluding hydrogens is 354 g/mol. The van der Waals surface area contributed by atoms with Crippen LogP contribution in [0, 0.1) is 0 Å². The Morgan fingerprint density at radius 1 is 1.04 bits per heavy atom. The molecule has 4 rings (SSSR count). The third kappa shape index (κ3) is 3.97. The third-order valence-corrected chi connectivity index (χ3v) is 4.82. The lowest BCUT2D eigenvalue weighted by molar-refractivity contribution is 0.100. The van der Waals surface area contributed by atoms with E-state index in [9.17, 15) is 9.59 Å². The van der Waals surface area contributed by atoms with E-state index in [1.54, 1.807) is 12.1 Å². The smallest absolute Gasteiger partial charge is 0.418 e. The highest BCUT2D eigenvalue weighted by atomic mass is 16.5. The van der Waals surface area contributed by atoms with E-state index < -0.39 is 6.09 Å². The van der Waals surface area contributed by atoms with Gasteiger partial charge in [0.2, 0.25) is 0 Å². The van der Waals surface area contributed by atoms with Gasteiger partial charge in [0, 0.05) is 23.8 Å². The number of ether oxygens (including phenoxy) is 1. The maximum absolute atomic E-state index is 12.6. The summed E-state index contributed by atoms with van der Waals surface area (Å²) in [5.74, 6) is 0.0407. The Morgan fingerprint density at radius 3 is 2.43 bits per heavy atom. The van der Waals surface area contributed by atoms with Crippen molar-refractivity contribution in [2.75, 3.05) is 5.32 Å². The van der Waals surface area contributed by atoms with E-state index in [2.05, 4.69) is 5.32 Å². The van der Waals surface area contributed by atoms with Gasteiger partial charge in [-0.15, -0.1) is 0 Å². The molecule has 28 heavy (non-hydrogen) atoms. The molecule has 6 nitrogen and oxygen atoms in total. The normalized spacial score (nSPS) is 17.8. The first kappa shape index (κ1) is 18.0. The van der Waals surface area contributed by atoms with Gasteiger partial charge in [0.25, 0.3) is 5.91 Å². The van der Waals surface area contributed by atoms with Gasteiger partial charge in [-0.25, -0.2) is 9.36 Å². The van der Waals surface area contributed by atoms with Crippen LogP contribution in [-0.4, -0.2) is 22.6 Å². The predicted octanol–water partition coefficient (Wildman–Crippen LogP) is 3.74. The molecule has 0 bridgehead atoms. The molecule has 1 heterocycles. The van der Waals surface area contributed by atoms with Crippen LogP contribution in [0.5, 0.6) is 0 Å². The van der Waals surface area contributed by atoms with E-state index in [-0.39, 0.29) is 24.2 Å². The number of hydrogen-bond donors (Lipinski definition) is 2. The van der Waals surface area contributed by atoms with Crippen molar-refractivity contribution in [1.29, 1.82) is 0 Å². The summed E-state index contributed by atoms with van der Waals surface area (Å²) in [5.41, 5.74) is 8.80. The van der Waals surface area contributed by atoms with Crippen molar-refractivity contribution in [3.05, 3.63) is 89.7 Å². The lowest BCUT2D eigenvalue weighted by atomic mass is 10.1. The molecule has 0 radical (unpaired) electrons. The molecule has 1 aromatic heterocycles. The minimum absolute atomic E-state index is 0.143. The van der Waals surface area contributed by atoms with Gasteiger partial charge in [-0.2, -0.15) is 0 Å². The van der Waals surface area contributed by atoms with Gasteiger partial charge >= 0.3 is 6.09 Å². The molecule has 2 unspecified atom stereocenters. The SMILES string of the molecule is NC1CC1c1ccc(NC(=O)c2cccn2C(=O)OCc2ccccc2)cc1. The number of anilines is 1. The maximum Gasteiger partial charge on any atom is 0.418 e. The number of nitrogens with zero attached hydrogens (tertiary/aromatic N) is 1. The molecule has 2 atom stereocenters. The Kier molecular flexibility index (Phi) is 4.95. The Bertz CT molecular complexity index is 980. The zero-order valence-electron chi connectivity index (χ0n) is 15.2. The lowest BCUT2D eigenvalue weighted by Crippen LogP contribution is -2.22. The summed E-state index contributed by atoms with van der Waals surface area (Å²) in [6.45, 7) is 0.143. The first-order chi connectivity index (χ1) is 13.6. The number of carbonyl (C=O) groups excluding carboxylic acids is 2. The summed E-state index contributed by atoms with van der Waals surface area (Å²) in [4.78, 5) is 25.0. The number of amides is 1. The van der Waals surface area contributed by atoms with E-state index in [0.717, 1.165) is 12.0 Å². The Hall–Kier alpha value is -3.38. The number of carbonyl (C=O) groups is 2.